The summed E-state index contributed by atoms with van der Waals surface area (Å²) in [5.74, 6) is 1.68. The summed E-state index contributed by atoms with van der Waals surface area (Å²) < 4.78 is 16.4. The molecule has 2 aromatic rings. The highest BCUT2D eigenvalue weighted by Gasteiger charge is 2.14. The highest BCUT2D eigenvalue weighted by molar-refractivity contribution is 5.40. The van der Waals surface area contributed by atoms with E-state index in [0.29, 0.717) is 0 Å². The smallest absolute Gasteiger partial charge is 0.127 e. The van der Waals surface area contributed by atoms with Crippen LogP contribution in [0.5, 0.6) is 11.5 Å². The highest BCUT2D eigenvalue weighted by atomic mass is 16.5. The largest absolute Gasteiger partial charge is 0.497 e. The van der Waals surface area contributed by atoms with E-state index in [9.17, 15) is 0 Å². The van der Waals surface area contributed by atoms with Crippen molar-refractivity contribution in [2.24, 2.45) is 0 Å². The lowest BCUT2D eigenvalue weighted by molar-refractivity contribution is 0.0358. The van der Waals surface area contributed by atoms with Crippen LogP contribution in [0.4, 0.5) is 0 Å². The summed E-state index contributed by atoms with van der Waals surface area (Å²) in [4.78, 5) is 9.21. The summed E-state index contributed by atoms with van der Waals surface area (Å²) in [5.41, 5.74) is 2.39. The van der Waals surface area contributed by atoms with Crippen LogP contribution in [0.1, 0.15) is 17.5 Å². The molecular formula is C22H31N3O3. The first-order valence-electron chi connectivity index (χ1n) is 9.91. The van der Waals surface area contributed by atoms with Crippen LogP contribution in [-0.4, -0.2) is 68.4 Å². The van der Waals surface area contributed by atoms with Gasteiger partial charge in [-0.3, -0.25) is 14.8 Å². The van der Waals surface area contributed by atoms with Crippen LogP contribution in [0.15, 0.2) is 42.7 Å². The molecule has 3 rings (SSSR count). The number of nitrogens with zero attached hydrogens (tertiary/aromatic N) is 3. The quantitative estimate of drug-likeness (QED) is 0.627. The Kier molecular flexibility index (Phi) is 8.08. The van der Waals surface area contributed by atoms with Gasteiger partial charge in [0.15, 0.2) is 0 Å². The van der Waals surface area contributed by atoms with Gasteiger partial charge in [0.05, 0.1) is 27.4 Å². The van der Waals surface area contributed by atoms with Crippen molar-refractivity contribution >= 4 is 0 Å². The second-order valence-corrected chi connectivity index (χ2v) is 7.06. The molecule has 2 heterocycles. The van der Waals surface area contributed by atoms with Gasteiger partial charge in [0, 0.05) is 56.7 Å². The third-order valence-electron chi connectivity index (χ3n) is 5.07. The predicted molar refractivity (Wildman–Crippen MR) is 110 cm³/mol. The molecule has 6 heteroatoms. The minimum atomic E-state index is 0.812. The van der Waals surface area contributed by atoms with Crippen molar-refractivity contribution in [3.8, 4) is 11.5 Å². The first-order valence-corrected chi connectivity index (χ1v) is 9.91. The molecule has 0 N–H and O–H groups in total. The normalized spacial score (nSPS) is 15.0. The minimum Gasteiger partial charge on any atom is -0.497 e. The van der Waals surface area contributed by atoms with Crippen LogP contribution in [0.3, 0.4) is 0 Å². The van der Waals surface area contributed by atoms with Crippen molar-refractivity contribution in [3.63, 3.8) is 0 Å². The average molecular weight is 386 g/mol. The van der Waals surface area contributed by atoms with Crippen molar-refractivity contribution in [3.05, 3.63) is 53.9 Å². The zero-order chi connectivity index (χ0) is 19.6. The highest BCUT2D eigenvalue weighted by Crippen LogP contribution is 2.26. The second-order valence-electron chi connectivity index (χ2n) is 7.06. The number of pyridine rings is 1. The number of ether oxygens (including phenoxy) is 3. The molecule has 0 spiro atoms. The van der Waals surface area contributed by atoms with Gasteiger partial charge in [-0.1, -0.05) is 12.1 Å². The second kappa shape index (κ2) is 11.0. The van der Waals surface area contributed by atoms with Crippen molar-refractivity contribution in [1.29, 1.82) is 0 Å². The van der Waals surface area contributed by atoms with Crippen molar-refractivity contribution in [2.45, 2.75) is 19.5 Å². The lowest BCUT2D eigenvalue weighted by Gasteiger charge is -2.28. The molecule has 1 aliphatic heterocycles. The first kappa shape index (κ1) is 20.6. The van der Waals surface area contributed by atoms with E-state index < -0.39 is 0 Å². The standard InChI is InChI=1S/C22H31N3O3/c1-26-21-7-6-20(22(15-21)27-2)18-25(17-19-5-3-8-23-16-19)10-4-9-24-11-13-28-14-12-24/h3,5-8,15-16H,4,9-14,17-18H2,1-2H3. The van der Waals surface area contributed by atoms with Gasteiger partial charge in [-0.05, 0) is 30.7 Å². The predicted octanol–water partition coefficient (Wildman–Crippen LogP) is 2.82. The molecule has 1 fully saturated rings. The molecule has 1 aliphatic rings. The molecule has 0 amide bonds. The fourth-order valence-electron chi connectivity index (χ4n) is 3.53. The Hall–Kier alpha value is -2.15. The van der Waals surface area contributed by atoms with Crippen LogP contribution < -0.4 is 9.47 Å². The Labute approximate surface area is 168 Å². The lowest BCUT2D eigenvalue weighted by atomic mass is 10.1. The van der Waals surface area contributed by atoms with E-state index in [1.165, 1.54) is 11.1 Å². The van der Waals surface area contributed by atoms with E-state index in [-0.39, 0.29) is 0 Å². The van der Waals surface area contributed by atoms with Gasteiger partial charge in [-0.15, -0.1) is 0 Å². The van der Waals surface area contributed by atoms with Gasteiger partial charge in [0.25, 0.3) is 0 Å². The zero-order valence-corrected chi connectivity index (χ0v) is 17.0. The van der Waals surface area contributed by atoms with E-state index in [1.54, 1.807) is 14.2 Å². The van der Waals surface area contributed by atoms with Gasteiger partial charge in [0.1, 0.15) is 11.5 Å². The molecule has 0 unspecified atom stereocenters. The number of rotatable bonds is 10. The molecule has 0 radical (unpaired) electrons. The summed E-state index contributed by atoms with van der Waals surface area (Å²) in [6, 6.07) is 10.2. The third kappa shape index (κ3) is 6.19. The fraction of sp³-hybridized carbons (Fsp3) is 0.500. The maximum absolute atomic E-state index is 5.60. The van der Waals surface area contributed by atoms with Crippen LogP contribution >= 0.6 is 0 Å². The Morgan fingerprint density at radius 1 is 1.11 bits per heavy atom. The number of hydrogen-bond acceptors (Lipinski definition) is 6. The van der Waals surface area contributed by atoms with Gasteiger partial charge >= 0.3 is 0 Å². The van der Waals surface area contributed by atoms with E-state index in [0.717, 1.165) is 70.4 Å². The molecule has 0 atom stereocenters. The van der Waals surface area contributed by atoms with Crippen molar-refractivity contribution < 1.29 is 14.2 Å². The number of benzene rings is 1. The number of aromatic nitrogens is 1. The Morgan fingerprint density at radius 3 is 2.68 bits per heavy atom. The SMILES string of the molecule is COc1ccc(CN(CCCN2CCOCC2)Cc2cccnc2)c(OC)c1. The van der Waals surface area contributed by atoms with Gasteiger partial charge in [-0.2, -0.15) is 0 Å². The molecular weight excluding hydrogens is 354 g/mol. The summed E-state index contributed by atoms with van der Waals surface area (Å²) >= 11 is 0. The fourth-order valence-corrected chi connectivity index (χ4v) is 3.53. The van der Waals surface area contributed by atoms with E-state index in [4.69, 9.17) is 14.2 Å². The van der Waals surface area contributed by atoms with E-state index >= 15 is 0 Å². The Morgan fingerprint density at radius 2 is 1.96 bits per heavy atom. The van der Waals surface area contributed by atoms with Crippen LogP contribution in [0, 0.1) is 0 Å². The summed E-state index contributed by atoms with van der Waals surface area (Å²) in [6.45, 7) is 7.58. The van der Waals surface area contributed by atoms with Gasteiger partial charge in [-0.25, -0.2) is 0 Å². The molecule has 0 bridgehead atoms. The summed E-state index contributed by atoms with van der Waals surface area (Å²) in [6.07, 6.45) is 4.89. The van der Waals surface area contributed by atoms with Crippen LogP contribution in [0.25, 0.3) is 0 Å². The molecule has 0 aliphatic carbocycles. The summed E-state index contributed by atoms with van der Waals surface area (Å²) in [5, 5.41) is 0. The number of hydrogen-bond donors (Lipinski definition) is 0. The average Bonchev–Trinajstić information content (AvgIpc) is 2.75. The Bertz CT molecular complexity index is 705. The van der Waals surface area contributed by atoms with Crippen molar-refractivity contribution in [1.82, 2.24) is 14.8 Å². The molecule has 28 heavy (non-hydrogen) atoms. The first-order chi connectivity index (χ1) is 13.8. The molecule has 1 saturated heterocycles. The maximum Gasteiger partial charge on any atom is 0.127 e. The van der Waals surface area contributed by atoms with Gasteiger partial charge < -0.3 is 14.2 Å². The minimum absolute atomic E-state index is 0.812. The van der Waals surface area contributed by atoms with Crippen LogP contribution in [-0.2, 0) is 17.8 Å². The molecule has 1 aromatic heterocycles. The molecule has 1 aromatic carbocycles. The van der Waals surface area contributed by atoms with Gasteiger partial charge in [0.2, 0.25) is 0 Å². The van der Waals surface area contributed by atoms with E-state index in [1.807, 2.05) is 30.6 Å². The molecule has 152 valence electrons. The van der Waals surface area contributed by atoms with E-state index in [2.05, 4.69) is 26.9 Å². The third-order valence-corrected chi connectivity index (χ3v) is 5.07. The zero-order valence-electron chi connectivity index (χ0n) is 17.0. The summed E-state index contributed by atoms with van der Waals surface area (Å²) in [7, 11) is 3.39. The van der Waals surface area contributed by atoms with Crippen LogP contribution in [0.2, 0.25) is 0 Å². The monoisotopic (exact) mass is 385 g/mol. The topological polar surface area (TPSA) is 47.1 Å². The molecule has 0 saturated carbocycles. The maximum atomic E-state index is 5.60. The number of methoxy groups -OCH3 is 2. The number of morpholine rings is 1. The molecule has 6 nitrogen and oxygen atoms in total. The van der Waals surface area contributed by atoms with Crippen molar-refractivity contribution in [2.75, 3.05) is 53.6 Å². The lowest BCUT2D eigenvalue weighted by Crippen LogP contribution is -2.38. The Balaban J connectivity index is 1.65.